The average Bonchev–Trinajstić information content (AvgIpc) is 3.30. The van der Waals surface area contributed by atoms with Crippen LogP contribution in [-0.4, -0.2) is 45.3 Å². The van der Waals surface area contributed by atoms with Crippen LogP contribution in [0.15, 0.2) is 76.2 Å². The van der Waals surface area contributed by atoms with E-state index < -0.39 is 28.5 Å². The lowest BCUT2D eigenvalue weighted by atomic mass is 10.2. The van der Waals surface area contributed by atoms with Crippen molar-refractivity contribution >= 4 is 33.3 Å². The van der Waals surface area contributed by atoms with E-state index in [2.05, 4.69) is 10.6 Å². The van der Waals surface area contributed by atoms with Gasteiger partial charge in [-0.25, -0.2) is 17.5 Å². The van der Waals surface area contributed by atoms with E-state index in [-0.39, 0.29) is 10.5 Å². The van der Waals surface area contributed by atoms with E-state index in [1.807, 2.05) is 0 Å². The molecule has 10 heteroatoms. The predicted octanol–water partition coefficient (Wildman–Crippen LogP) is 2.94. The summed E-state index contributed by atoms with van der Waals surface area (Å²) >= 11 is 0. The quantitative estimate of drug-likeness (QED) is 0.474. The summed E-state index contributed by atoms with van der Waals surface area (Å²) in [5, 5.41) is 5.66. The fourth-order valence-electron chi connectivity index (χ4n) is 2.74. The van der Waals surface area contributed by atoms with E-state index in [1.54, 1.807) is 42.7 Å². The smallest absolute Gasteiger partial charge is 0.340 e. The minimum atomic E-state index is -3.56. The van der Waals surface area contributed by atoms with Crippen molar-refractivity contribution in [2.45, 2.75) is 11.4 Å². The SMILES string of the molecule is CN(C)S(=O)(=O)c1ccc(NC(=O)COC(=O)c2ccccc2NCc2ccco2)cc1. The number of rotatable bonds is 9. The van der Waals surface area contributed by atoms with Gasteiger partial charge in [-0.2, -0.15) is 0 Å². The third-order valence-electron chi connectivity index (χ3n) is 4.43. The van der Waals surface area contributed by atoms with Gasteiger partial charge in [0.1, 0.15) is 5.76 Å². The van der Waals surface area contributed by atoms with Crippen molar-refractivity contribution in [3.05, 3.63) is 78.3 Å². The van der Waals surface area contributed by atoms with Crippen LogP contribution >= 0.6 is 0 Å². The van der Waals surface area contributed by atoms with E-state index in [9.17, 15) is 18.0 Å². The van der Waals surface area contributed by atoms with Gasteiger partial charge in [0.2, 0.25) is 10.0 Å². The molecule has 32 heavy (non-hydrogen) atoms. The molecule has 0 unspecified atom stereocenters. The molecule has 2 N–H and O–H groups in total. The van der Waals surface area contributed by atoms with Crippen LogP contribution in [0.2, 0.25) is 0 Å². The number of carbonyl (C=O) groups is 2. The highest BCUT2D eigenvalue weighted by molar-refractivity contribution is 7.89. The van der Waals surface area contributed by atoms with Crippen molar-refractivity contribution < 1.29 is 27.2 Å². The Hall–Kier alpha value is -3.63. The maximum absolute atomic E-state index is 12.5. The first-order valence-corrected chi connectivity index (χ1v) is 11.1. The molecule has 1 heterocycles. The van der Waals surface area contributed by atoms with Crippen molar-refractivity contribution in [2.75, 3.05) is 31.3 Å². The molecular formula is C22H23N3O6S. The molecule has 1 amide bonds. The van der Waals surface area contributed by atoms with E-state index in [4.69, 9.17) is 9.15 Å². The molecule has 0 aliphatic rings. The first-order valence-electron chi connectivity index (χ1n) is 9.62. The van der Waals surface area contributed by atoms with Crippen molar-refractivity contribution in [1.82, 2.24) is 4.31 Å². The molecule has 0 saturated carbocycles. The Morgan fingerprint density at radius 1 is 1.00 bits per heavy atom. The number of ether oxygens (including phenoxy) is 1. The predicted molar refractivity (Wildman–Crippen MR) is 119 cm³/mol. The van der Waals surface area contributed by atoms with E-state index in [0.717, 1.165) is 4.31 Å². The zero-order valence-electron chi connectivity index (χ0n) is 17.6. The van der Waals surface area contributed by atoms with Crippen LogP contribution in [0.3, 0.4) is 0 Å². The van der Waals surface area contributed by atoms with Crippen LogP contribution in [0, 0.1) is 0 Å². The molecule has 0 fully saturated rings. The Labute approximate surface area is 186 Å². The van der Waals surface area contributed by atoms with Gasteiger partial charge in [0.05, 0.1) is 23.3 Å². The molecule has 3 aromatic rings. The summed E-state index contributed by atoms with van der Waals surface area (Å²) in [7, 11) is -0.689. The summed E-state index contributed by atoms with van der Waals surface area (Å²) in [6, 6.07) is 16.1. The number of esters is 1. The van der Waals surface area contributed by atoms with Gasteiger partial charge in [-0.05, 0) is 48.5 Å². The second-order valence-electron chi connectivity index (χ2n) is 6.91. The number of furan rings is 1. The Balaban J connectivity index is 1.55. The largest absolute Gasteiger partial charge is 0.467 e. The lowest BCUT2D eigenvalue weighted by Crippen LogP contribution is -2.23. The summed E-state index contributed by atoms with van der Waals surface area (Å²) in [5.41, 5.74) is 1.21. The number of benzene rings is 2. The summed E-state index contributed by atoms with van der Waals surface area (Å²) in [6.45, 7) is -0.111. The molecule has 3 rings (SSSR count). The second-order valence-corrected chi connectivity index (χ2v) is 9.07. The first-order chi connectivity index (χ1) is 15.3. The maximum Gasteiger partial charge on any atom is 0.340 e. The minimum Gasteiger partial charge on any atom is -0.467 e. The molecule has 1 aromatic heterocycles. The summed E-state index contributed by atoms with van der Waals surface area (Å²) in [6.07, 6.45) is 1.56. The number of hydrogen-bond acceptors (Lipinski definition) is 7. The second kappa shape index (κ2) is 10.1. The Bertz CT molecular complexity index is 1170. The van der Waals surface area contributed by atoms with Crippen molar-refractivity contribution in [3.8, 4) is 0 Å². The molecule has 0 spiro atoms. The van der Waals surface area contributed by atoms with Crippen molar-refractivity contribution in [3.63, 3.8) is 0 Å². The van der Waals surface area contributed by atoms with Gasteiger partial charge >= 0.3 is 5.97 Å². The standard InChI is InChI=1S/C22H23N3O6S/c1-25(2)32(28,29)18-11-9-16(10-12-18)24-21(26)15-31-22(27)19-7-3-4-8-20(19)23-14-17-6-5-13-30-17/h3-13,23H,14-15H2,1-2H3,(H,24,26). The van der Waals surface area contributed by atoms with Crippen LogP contribution in [0.5, 0.6) is 0 Å². The summed E-state index contributed by atoms with van der Waals surface area (Å²) < 4.78 is 35.7. The third kappa shape index (κ3) is 5.74. The Morgan fingerprint density at radius 2 is 1.72 bits per heavy atom. The highest BCUT2D eigenvalue weighted by Crippen LogP contribution is 2.18. The molecular weight excluding hydrogens is 434 g/mol. The molecule has 0 aliphatic heterocycles. The minimum absolute atomic E-state index is 0.102. The molecule has 0 saturated heterocycles. The van der Waals surface area contributed by atoms with Crippen molar-refractivity contribution in [2.24, 2.45) is 0 Å². The number of nitrogens with one attached hydrogen (secondary N) is 2. The van der Waals surface area contributed by atoms with Crippen molar-refractivity contribution in [1.29, 1.82) is 0 Å². The van der Waals surface area contributed by atoms with Crippen LogP contribution in [0.1, 0.15) is 16.1 Å². The molecule has 0 radical (unpaired) electrons. The van der Waals surface area contributed by atoms with E-state index in [0.29, 0.717) is 23.7 Å². The van der Waals surface area contributed by atoms with Gasteiger partial charge in [-0.15, -0.1) is 0 Å². The maximum atomic E-state index is 12.5. The van der Waals surface area contributed by atoms with E-state index >= 15 is 0 Å². The number of carbonyl (C=O) groups excluding carboxylic acids is 2. The van der Waals surface area contributed by atoms with Gasteiger partial charge in [0.15, 0.2) is 6.61 Å². The third-order valence-corrected chi connectivity index (χ3v) is 6.26. The fraction of sp³-hybridized carbons (Fsp3) is 0.182. The van der Waals surface area contributed by atoms with E-state index in [1.165, 1.54) is 38.4 Å². The van der Waals surface area contributed by atoms with Crippen LogP contribution in [-0.2, 0) is 26.1 Å². The molecule has 2 aromatic carbocycles. The number of hydrogen-bond donors (Lipinski definition) is 2. The zero-order valence-corrected chi connectivity index (χ0v) is 18.4. The highest BCUT2D eigenvalue weighted by Gasteiger charge is 2.17. The van der Waals surface area contributed by atoms with Gasteiger partial charge in [0, 0.05) is 25.5 Å². The van der Waals surface area contributed by atoms with Gasteiger partial charge in [0.25, 0.3) is 5.91 Å². The fourth-order valence-corrected chi connectivity index (χ4v) is 3.64. The lowest BCUT2D eigenvalue weighted by Gasteiger charge is -2.12. The molecule has 9 nitrogen and oxygen atoms in total. The number of nitrogens with zero attached hydrogens (tertiary/aromatic N) is 1. The summed E-state index contributed by atoms with van der Waals surface area (Å²) in [4.78, 5) is 24.7. The number of amides is 1. The average molecular weight is 458 g/mol. The lowest BCUT2D eigenvalue weighted by molar-refractivity contribution is -0.119. The van der Waals surface area contributed by atoms with Gasteiger partial charge in [-0.3, -0.25) is 4.79 Å². The summed E-state index contributed by atoms with van der Waals surface area (Å²) in [5.74, 6) is -0.505. The van der Waals surface area contributed by atoms with Gasteiger partial charge < -0.3 is 19.8 Å². The number of para-hydroxylation sites is 1. The van der Waals surface area contributed by atoms with Crippen LogP contribution < -0.4 is 10.6 Å². The Morgan fingerprint density at radius 3 is 2.38 bits per heavy atom. The molecule has 0 atom stereocenters. The Kier molecular flexibility index (Phi) is 7.29. The molecule has 0 bridgehead atoms. The zero-order chi connectivity index (χ0) is 23.1. The van der Waals surface area contributed by atoms with Gasteiger partial charge in [-0.1, -0.05) is 12.1 Å². The van der Waals surface area contributed by atoms with Crippen LogP contribution in [0.4, 0.5) is 11.4 Å². The number of anilines is 2. The monoisotopic (exact) mass is 457 g/mol. The first kappa shape index (κ1) is 23.0. The highest BCUT2D eigenvalue weighted by atomic mass is 32.2. The topological polar surface area (TPSA) is 118 Å². The molecule has 168 valence electrons. The normalized spacial score (nSPS) is 11.2. The van der Waals surface area contributed by atoms with Crippen LogP contribution in [0.25, 0.3) is 0 Å². The molecule has 0 aliphatic carbocycles. The number of sulfonamides is 1.